The lowest BCUT2D eigenvalue weighted by Gasteiger charge is -2.14. The molecule has 3 aromatic carbocycles. The van der Waals surface area contributed by atoms with Gasteiger partial charge in [-0.2, -0.15) is 0 Å². The number of carbonyl (C=O) groups is 1. The maximum absolute atomic E-state index is 12.4. The number of amides is 1. The van der Waals surface area contributed by atoms with E-state index < -0.39 is 0 Å². The van der Waals surface area contributed by atoms with Gasteiger partial charge in [0.05, 0.1) is 18.3 Å². The average molecular weight is 433 g/mol. The van der Waals surface area contributed by atoms with Crippen molar-refractivity contribution in [2.45, 2.75) is 25.6 Å². The van der Waals surface area contributed by atoms with Gasteiger partial charge in [0, 0.05) is 12.3 Å². The van der Waals surface area contributed by atoms with Crippen LogP contribution >= 0.6 is 0 Å². The summed E-state index contributed by atoms with van der Waals surface area (Å²) in [5, 5.41) is 6.05. The number of hydrogen-bond acceptors (Lipinski definition) is 5. The molecule has 166 valence electrons. The number of rotatable bonds is 10. The van der Waals surface area contributed by atoms with Gasteiger partial charge in [-0.1, -0.05) is 42.5 Å². The van der Waals surface area contributed by atoms with Crippen LogP contribution in [0.3, 0.4) is 0 Å². The fraction of sp³-hybridized carbons (Fsp3) is 0.269. The summed E-state index contributed by atoms with van der Waals surface area (Å²) in [4.78, 5) is 12.4. The molecule has 3 aromatic rings. The summed E-state index contributed by atoms with van der Waals surface area (Å²) in [7, 11) is 0. The second-order valence-corrected chi connectivity index (χ2v) is 7.64. The standard InChI is InChI=1S/C26H28N2O4/c29-26(28-21-12-14-22(15-13-21)31-19-23-9-6-16-30-23)17-27-24-10-4-5-11-25(24)32-18-20-7-2-1-3-8-20/h1-5,7-8,10-15,23,27H,6,9,16-19H2,(H,28,29). The Labute approximate surface area is 188 Å². The van der Waals surface area contributed by atoms with E-state index in [4.69, 9.17) is 14.2 Å². The third-order valence-electron chi connectivity index (χ3n) is 5.16. The van der Waals surface area contributed by atoms with E-state index in [0.29, 0.717) is 19.0 Å². The molecule has 1 atom stereocenters. The lowest BCUT2D eigenvalue weighted by molar-refractivity contribution is -0.114. The van der Waals surface area contributed by atoms with Crippen LogP contribution in [0.25, 0.3) is 0 Å². The minimum Gasteiger partial charge on any atom is -0.491 e. The highest BCUT2D eigenvalue weighted by molar-refractivity contribution is 5.94. The molecule has 1 aliphatic heterocycles. The van der Waals surface area contributed by atoms with E-state index in [9.17, 15) is 4.79 Å². The van der Waals surface area contributed by atoms with Crippen LogP contribution in [0.4, 0.5) is 11.4 Å². The van der Waals surface area contributed by atoms with Crippen LogP contribution in [0.5, 0.6) is 11.5 Å². The Morgan fingerprint density at radius 1 is 0.938 bits per heavy atom. The Morgan fingerprint density at radius 3 is 2.50 bits per heavy atom. The summed E-state index contributed by atoms with van der Waals surface area (Å²) in [5.74, 6) is 1.33. The molecule has 4 rings (SSSR count). The van der Waals surface area contributed by atoms with Crippen molar-refractivity contribution in [3.8, 4) is 11.5 Å². The van der Waals surface area contributed by atoms with Gasteiger partial charge in [-0.05, 0) is 54.8 Å². The average Bonchev–Trinajstić information content (AvgIpc) is 3.36. The highest BCUT2D eigenvalue weighted by Crippen LogP contribution is 2.25. The summed E-state index contributed by atoms with van der Waals surface area (Å²) in [6, 6.07) is 24.9. The molecule has 1 aliphatic rings. The van der Waals surface area contributed by atoms with Crippen LogP contribution < -0.4 is 20.1 Å². The third-order valence-corrected chi connectivity index (χ3v) is 5.16. The number of ether oxygens (including phenoxy) is 3. The fourth-order valence-electron chi connectivity index (χ4n) is 3.45. The van der Waals surface area contributed by atoms with Gasteiger partial charge in [0.25, 0.3) is 0 Å². The van der Waals surface area contributed by atoms with Crippen molar-refractivity contribution in [3.05, 3.63) is 84.4 Å². The minimum absolute atomic E-state index is 0.128. The lowest BCUT2D eigenvalue weighted by Crippen LogP contribution is -2.22. The zero-order valence-corrected chi connectivity index (χ0v) is 18.0. The number of benzene rings is 3. The molecular formula is C26H28N2O4. The number of para-hydroxylation sites is 2. The lowest BCUT2D eigenvalue weighted by atomic mass is 10.2. The molecule has 0 aromatic heterocycles. The van der Waals surface area contributed by atoms with Gasteiger partial charge in [0.1, 0.15) is 24.7 Å². The first-order valence-electron chi connectivity index (χ1n) is 10.9. The second kappa shape index (κ2) is 11.2. The van der Waals surface area contributed by atoms with E-state index in [1.807, 2.05) is 78.9 Å². The monoisotopic (exact) mass is 432 g/mol. The van der Waals surface area contributed by atoms with Crippen molar-refractivity contribution in [1.29, 1.82) is 0 Å². The first-order chi connectivity index (χ1) is 15.8. The van der Waals surface area contributed by atoms with Gasteiger partial charge < -0.3 is 24.8 Å². The fourth-order valence-corrected chi connectivity index (χ4v) is 3.45. The van der Waals surface area contributed by atoms with Gasteiger partial charge in [0.15, 0.2) is 0 Å². The maximum atomic E-state index is 12.4. The molecule has 6 heteroatoms. The first kappa shape index (κ1) is 21.7. The SMILES string of the molecule is O=C(CNc1ccccc1OCc1ccccc1)Nc1ccc(OCC2CCCO2)cc1. The number of carbonyl (C=O) groups excluding carboxylic acids is 1. The van der Waals surface area contributed by atoms with Crippen LogP contribution in [0, 0.1) is 0 Å². The molecule has 1 amide bonds. The molecule has 1 heterocycles. The topological polar surface area (TPSA) is 68.8 Å². The minimum atomic E-state index is -0.143. The van der Waals surface area contributed by atoms with Crippen LogP contribution in [-0.4, -0.2) is 31.8 Å². The largest absolute Gasteiger partial charge is 0.491 e. The van der Waals surface area contributed by atoms with Gasteiger partial charge in [-0.15, -0.1) is 0 Å². The molecule has 2 N–H and O–H groups in total. The van der Waals surface area contributed by atoms with E-state index in [1.165, 1.54) is 0 Å². The third kappa shape index (κ3) is 6.49. The van der Waals surface area contributed by atoms with Gasteiger partial charge in [-0.25, -0.2) is 0 Å². The quantitative estimate of drug-likeness (QED) is 0.478. The van der Waals surface area contributed by atoms with Crippen LogP contribution in [-0.2, 0) is 16.1 Å². The van der Waals surface area contributed by atoms with E-state index in [2.05, 4.69) is 10.6 Å². The molecule has 1 unspecified atom stereocenters. The Kier molecular flexibility index (Phi) is 7.60. The molecule has 1 saturated heterocycles. The summed E-state index contributed by atoms with van der Waals surface area (Å²) in [6.45, 7) is 1.97. The predicted molar refractivity (Wildman–Crippen MR) is 125 cm³/mol. The molecule has 0 aliphatic carbocycles. The Balaban J connectivity index is 1.24. The van der Waals surface area contributed by atoms with Crippen molar-refractivity contribution in [3.63, 3.8) is 0 Å². The molecule has 0 bridgehead atoms. The van der Waals surface area contributed by atoms with Crippen molar-refractivity contribution in [1.82, 2.24) is 0 Å². The van der Waals surface area contributed by atoms with E-state index >= 15 is 0 Å². The second-order valence-electron chi connectivity index (χ2n) is 7.64. The normalized spacial score (nSPS) is 15.2. The van der Waals surface area contributed by atoms with Crippen LogP contribution in [0.1, 0.15) is 18.4 Å². The van der Waals surface area contributed by atoms with Crippen molar-refractivity contribution in [2.24, 2.45) is 0 Å². The Hall–Kier alpha value is -3.51. The predicted octanol–water partition coefficient (Wildman–Crippen LogP) is 4.87. The van der Waals surface area contributed by atoms with Crippen molar-refractivity contribution >= 4 is 17.3 Å². The molecule has 1 fully saturated rings. The van der Waals surface area contributed by atoms with Gasteiger partial charge >= 0.3 is 0 Å². The van der Waals surface area contributed by atoms with Crippen molar-refractivity contribution < 1.29 is 19.0 Å². The number of anilines is 2. The van der Waals surface area contributed by atoms with E-state index in [-0.39, 0.29) is 18.6 Å². The summed E-state index contributed by atoms with van der Waals surface area (Å²) in [6.07, 6.45) is 2.32. The number of hydrogen-bond donors (Lipinski definition) is 2. The van der Waals surface area contributed by atoms with Crippen molar-refractivity contribution in [2.75, 3.05) is 30.4 Å². The first-order valence-corrected chi connectivity index (χ1v) is 10.9. The molecule has 32 heavy (non-hydrogen) atoms. The van der Waals surface area contributed by atoms with E-state index in [1.54, 1.807) is 0 Å². The van der Waals surface area contributed by atoms with Crippen LogP contribution in [0.2, 0.25) is 0 Å². The van der Waals surface area contributed by atoms with E-state index in [0.717, 1.165) is 42.1 Å². The number of nitrogens with one attached hydrogen (secondary N) is 2. The summed E-state index contributed by atoms with van der Waals surface area (Å²) in [5.41, 5.74) is 2.58. The zero-order valence-electron chi connectivity index (χ0n) is 18.0. The molecule has 6 nitrogen and oxygen atoms in total. The molecule has 0 spiro atoms. The highest BCUT2D eigenvalue weighted by atomic mass is 16.5. The molecule has 0 radical (unpaired) electrons. The van der Waals surface area contributed by atoms with Gasteiger partial charge in [0.2, 0.25) is 5.91 Å². The van der Waals surface area contributed by atoms with Crippen LogP contribution in [0.15, 0.2) is 78.9 Å². The zero-order chi connectivity index (χ0) is 22.0. The maximum Gasteiger partial charge on any atom is 0.243 e. The summed E-state index contributed by atoms with van der Waals surface area (Å²) >= 11 is 0. The summed E-state index contributed by atoms with van der Waals surface area (Å²) < 4.78 is 17.3. The Bertz CT molecular complexity index is 986. The molecule has 0 saturated carbocycles. The molecular weight excluding hydrogens is 404 g/mol. The smallest absolute Gasteiger partial charge is 0.243 e. The Morgan fingerprint density at radius 2 is 1.72 bits per heavy atom. The highest BCUT2D eigenvalue weighted by Gasteiger charge is 2.16. The van der Waals surface area contributed by atoms with Gasteiger partial charge in [-0.3, -0.25) is 4.79 Å².